The maximum atomic E-state index is 12.9. The van der Waals surface area contributed by atoms with Gasteiger partial charge in [0.2, 0.25) is 5.75 Å². The number of ketones is 1. The van der Waals surface area contributed by atoms with E-state index in [-0.39, 0.29) is 65.4 Å². The molecule has 1 fully saturated rings. The number of carbonyl (C=O) groups is 1. The summed E-state index contributed by atoms with van der Waals surface area (Å²) in [5.41, 5.74) is 8.16. The normalized spacial score (nSPS) is 15.8. The van der Waals surface area contributed by atoms with E-state index in [1.807, 2.05) is 18.2 Å². The predicted molar refractivity (Wildman–Crippen MR) is 157 cm³/mol. The molecule has 0 amide bonds. The molecule has 0 spiro atoms. The molecule has 3 aromatic carbocycles. The van der Waals surface area contributed by atoms with Gasteiger partial charge in [-0.25, -0.2) is 0 Å². The van der Waals surface area contributed by atoms with E-state index < -0.39 is 6.10 Å². The van der Waals surface area contributed by atoms with Gasteiger partial charge in [-0.2, -0.15) is 0 Å². The Morgan fingerprint density at radius 1 is 0.976 bits per heavy atom. The summed E-state index contributed by atoms with van der Waals surface area (Å²) in [6, 6.07) is 18.6. The first-order valence-electron chi connectivity index (χ1n) is 14.2. The monoisotopic (exact) mass is 563 g/mol. The zero-order chi connectivity index (χ0) is 29.4. The van der Waals surface area contributed by atoms with E-state index in [2.05, 4.69) is 12.1 Å². The molecule has 41 heavy (non-hydrogen) atoms. The van der Waals surface area contributed by atoms with Crippen molar-refractivity contribution in [1.29, 1.82) is 0 Å². The lowest BCUT2D eigenvalue weighted by atomic mass is 9.70. The van der Waals surface area contributed by atoms with Crippen molar-refractivity contribution in [2.75, 3.05) is 13.8 Å². The smallest absolute Gasteiger partial charge is 0.200 e. The number of hydrogen-bond donors (Lipinski definition) is 5. The Bertz CT molecular complexity index is 1300. The minimum absolute atomic E-state index is 0.000276. The number of hydrogen-bond acceptors (Lipinski definition) is 8. The Morgan fingerprint density at radius 2 is 1.71 bits per heavy atom. The fourth-order valence-electron chi connectivity index (χ4n) is 6.25. The molecule has 2 atom stereocenters. The highest BCUT2D eigenvalue weighted by Gasteiger charge is 2.39. The second-order valence-electron chi connectivity index (χ2n) is 11.1. The first kappa shape index (κ1) is 30.2. The molecule has 0 saturated heterocycles. The number of rotatable bonds is 14. The molecule has 0 heterocycles. The number of aliphatic hydroxyl groups excluding tert-OH is 1. The SMILES string of the molecule is COc1cc(C(CC(O)CC(=O)CCc2ccc(O)c(OCN)c2)CC2(c3ccccc3)CCCC2)cc(O)c1O. The van der Waals surface area contributed by atoms with Gasteiger partial charge in [-0.3, -0.25) is 10.5 Å². The van der Waals surface area contributed by atoms with E-state index in [0.29, 0.717) is 12.8 Å². The quantitative estimate of drug-likeness (QED) is 0.129. The Kier molecular flexibility index (Phi) is 10.1. The summed E-state index contributed by atoms with van der Waals surface area (Å²) in [7, 11) is 1.43. The zero-order valence-corrected chi connectivity index (χ0v) is 23.6. The highest BCUT2D eigenvalue weighted by molar-refractivity contribution is 5.79. The van der Waals surface area contributed by atoms with Crippen LogP contribution in [0.25, 0.3) is 0 Å². The Hall–Kier alpha value is -3.75. The standard InChI is InChI=1S/C33H41NO7/c1-40-31-18-23(17-29(38)32(31)39)24(20-33(13-5-6-14-33)25-7-3-2-4-8-25)16-27(36)19-26(35)11-9-22-10-12-28(37)30(15-22)41-21-34/h2-4,7-8,10,12,15,17-18,24,27,36-39H,5-6,9,11,13-14,16,19-21,34H2,1H3. The third-order valence-corrected chi connectivity index (χ3v) is 8.33. The van der Waals surface area contributed by atoms with Gasteiger partial charge in [0.1, 0.15) is 12.5 Å². The van der Waals surface area contributed by atoms with Crippen molar-refractivity contribution >= 4 is 5.78 Å². The summed E-state index contributed by atoms with van der Waals surface area (Å²) >= 11 is 0. The average molecular weight is 564 g/mol. The molecule has 3 aromatic rings. The van der Waals surface area contributed by atoms with Gasteiger partial charge in [0.15, 0.2) is 23.0 Å². The van der Waals surface area contributed by atoms with Gasteiger partial charge in [0.25, 0.3) is 0 Å². The fourth-order valence-corrected chi connectivity index (χ4v) is 6.25. The number of benzene rings is 3. The summed E-state index contributed by atoms with van der Waals surface area (Å²) in [6.07, 6.45) is 5.10. The largest absolute Gasteiger partial charge is 0.504 e. The summed E-state index contributed by atoms with van der Waals surface area (Å²) in [5, 5.41) is 41.7. The van der Waals surface area contributed by atoms with E-state index in [4.69, 9.17) is 15.2 Å². The second-order valence-corrected chi connectivity index (χ2v) is 11.1. The van der Waals surface area contributed by atoms with Crippen molar-refractivity contribution in [1.82, 2.24) is 0 Å². The van der Waals surface area contributed by atoms with Crippen molar-refractivity contribution in [3.63, 3.8) is 0 Å². The van der Waals surface area contributed by atoms with Crippen LogP contribution in [-0.4, -0.2) is 46.2 Å². The Labute approximate surface area is 241 Å². The highest BCUT2D eigenvalue weighted by atomic mass is 16.5. The van der Waals surface area contributed by atoms with Crippen LogP contribution in [-0.2, 0) is 16.6 Å². The van der Waals surface area contributed by atoms with Gasteiger partial charge in [-0.05, 0) is 84.4 Å². The first-order valence-corrected chi connectivity index (χ1v) is 14.2. The molecule has 2 unspecified atom stereocenters. The maximum Gasteiger partial charge on any atom is 0.200 e. The molecule has 6 N–H and O–H groups in total. The third-order valence-electron chi connectivity index (χ3n) is 8.33. The van der Waals surface area contributed by atoms with Crippen molar-refractivity contribution in [3.05, 3.63) is 77.4 Å². The first-order chi connectivity index (χ1) is 19.7. The molecular weight excluding hydrogens is 522 g/mol. The van der Waals surface area contributed by atoms with Crippen LogP contribution < -0.4 is 15.2 Å². The number of aliphatic hydroxyl groups is 1. The molecule has 220 valence electrons. The van der Waals surface area contributed by atoms with Crippen molar-refractivity contribution in [3.8, 4) is 28.7 Å². The van der Waals surface area contributed by atoms with Gasteiger partial charge in [-0.15, -0.1) is 0 Å². The van der Waals surface area contributed by atoms with E-state index >= 15 is 0 Å². The minimum Gasteiger partial charge on any atom is -0.504 e. The van der Waals surface area contributed by atoms with E-state index in [1.165, 1.54) is 24.8 Å². The van der Waals surface area contributed by atoms with Crippen LogP contribution in [0.4, 0.5) is 0 Å². The van der Waals surface area contributed by atoms with Crippen LogP contribution in [0.5, 0.6) is 28.7 Å². The molecule has 4 rings (SSSR count). The van der Waals surface area contributed by atoms with Crippen LogP contribution in [0.15, 0.2) is 60.7 Å². The second kappa shape index (κ2) is 13.7. The number of phenols is 3. The number of aromatic hydroxyl groups is 3. The van der Waals surface area contributed by atoms with Crippen LogP contribution >= 0.6 is 0 Å². The molecule has 8 nitrogen and oxygen atoms in total. The number of nitrogens with two attached hydrogens (primary N) is 1. The van der Waals surface area contributed by atoms with Crippen LogP contribution in [0.1, 0.15) is 74.0 Å². The minimum atomic E-state index is -0.889. The Balaban J connectivity index is 1.51. The molecule has 8 heteroatoms. The zero-order valence-electron chi connectivity index (χ0n) is 23.6. The lowest BCUT2D eigenvalue weighted by Gasteiger charge is -2.35. The predicted octanol–water partition coefficient (Wildman–Crippen LogP) is 5.44. The summed E-state index contributed by atoms with van der Waals surface area (Å²) in [4.78, 5) is 12.9. The summed E-state index contributed by atoms with van der Waals surface area (Å²) < 4.78 is 10.5. The van der Waals surface area contributed by atoms with E-state index in [9.17, 15) is 25.2 Å². The number of ether oxygens (including phenoxy) is 2. The number of aryl methyl sites for hydroxylation is 1. The lowest BCUT2D eigenvalue weighted by Crippen LogP contribution is -2.27. The maximum absolute atomic E-state index is 12.9. The number of Topliss-reactive ketones (excluding diaryl/α,β-unsaturated/α-hetero) is 1. The molecule has 0 radical (unpaired) electrons. The number of methoxy groups -OCH3 is 1. The van der Waals surface area contributed by atoms with Crippen LogP contribution in [0, 0.1) is 0 Å². The van der Waals surface area contributed by atoms with Gasteiger partial charge in [0.05, 0.1) is 13.2 Å². The molecular formula is C33H41NO7. The van der Waals surface area contributed by atoms with Gasteiger partial charge in [0, 0.05) is 12.8 Å². The summed E-state index contributed by atoms with van der Waals surface area (Å²) in [6.45, 7) is -0.0699. The molecule has 1 aliphatic rings. The third kappa shape index (κ3) is 7.51. The van der Waals surface area contributed by atoms with Gasteiger partial charge in [-0.1, -0.05) is 49.2 Å². The van der Waals surface area contributed by atoms with Crippen molar-refractivity contribution < 1.29 is 34.7 Å². The number of phenolic OH excluding ortho intramolecular Hbond substituents is 3. The van der Waals surface area contributed by atoms with Crippen molar-refractivity contribution in [2.45, 2.75) is 75.2 Å². The summed E-state index contributed by atoms with van der Waals surface area (Å²) in [5.74, 6) is -0.435. The van der Waals surface area contributed by atoms with Crippen molar-refractivity contribution in [2.24, 2.45) is 5.73 Å². The van der Waals surface area contributed by atoms with Gasteiger partial charge >= 0.3 is 0 Å². The molecule has 1 aliphatic carbocycles. The highest BCUT2D eigenvalue weighted by Crippen LogP contribution is 2.50. The fraction of sp³-hybridized carbons (Fsp3) is 0.424. The lowest BCUT2D eigenvalue weighted by molar-refractivity contribution is -0.121. The molecule has 1 saturated carbocycles. The van der Waals surface area contributed by atoms with Gasteiger partial charge < -0.3 is 29.9 Å². The van der Waals surface area contributed by atoms with E-state index in [1.54, 1.807) is 18.2 Å². The number of carbonyl (C=O) groups excluding carboxylic acids is 1. The Morgan fingerprint density at radius 3 is 2.39 bits per heavy atom. The molecule has 0 aromatic heterocycles. The van der Waals surface area contributed by atoms with E-state index in [0.717, 1.165) is 43.2 Å². The molecule has 0 bridgehead atoms. The average Bonchev–Trinajstić information content (AvgIpc) is 3.45. The molecule has 0 aliphatic heterocycles. The van der Waals surface area contributed by atoms with Crippen LogP contribution in [0.3, 0.4) is 0 Å². The topological polar surface area (TPSA) is 142 Å². The van der Waals surface area contributed by atoms with Crippen LogP contribution in [0.2, 0.25) is 0 Å².